The third-order valence-corrected chi connectivity index (χ3v) is 1.42. The van der Waals surface area contributed by atoms with Gasteiger partial charge in [-0.25, -0.2) is 0 Å². The van der Waals surface area contributed by atoms with Crippen molar-refractivity contribution in [2.45, 2.75) is 32.3 Å². The van der Waals surface area contributed by atoms with E-state index in [9.17, 15) is 4.79 Å². The molecule has 0 aliphatic heterocycles. The number of aliphatic hydroxyl groups excluding tert-OH is 1. The van der Waals surface area contributed by atoms with Gasteiger partial charge in [-0.2, -0.15) is 0 Å². The van der Waals surface area contributed by atoms with Gasteiger partial charge >= 0.3 is 0 Å². The van der Waals surface area contributed by atoms with Gasteiger partial charge in [0.05, 0.1) is 6.10 Å². The zero-order valence-corrected chi connectivity index (χ0v) is 6.34. The standard InChI is InChI=1S/C7H15NO2/c1-2-6(9)3-4-7(10)5-8/h7,10H,2-5,8H2,1H3. The fourth-order valence-electron chi connectivity index (χ4n) is 0.622. The molecule has 10 heavy (non-hydrogen) atoms. The second-order valence-electron chi connectivity index (χ2n) is 2.32. The second kappa shape index (κ2) is 5.38. The van der Waals surface area contributed by atoms with Gasteiger partial charge in [0.25, 0.3) is 0 Å². The number of Topliss-reactive ketones (excluding diaryl/α,β-unsaturated/α-hetero) is 1. The Bertz CT molecular complexity index is 104. The van der Waals surface area contributed by atoms with E-state index in [0.29, 0.717) is 19.3 Å². The topological polar surface area (TPSA) is 63.3 Å². The maximum absolute atomic E-state index is 10.7. The lowest BCUT2D eigenvalue weighted by Crippen LogP contribution is -2.20. The molecule has 1 atom stereocenters. The van der Waals surface area contributed by atoms with E-state index >= 15 is 0 Å². The van der Waals surface area contributed by atoms with Crippen molar-refractivity contribution >= 4 is 5.78 Å². The Hall–Kier alpha value is -0.410. The van der Waals surface area contributed by atoms with E-state index in [4.69, 9.17) is 10.8 Å². The van der Waals surface area contributed by atoms with E-state index in [1.54, 1.807) is 0 Å². The zero-order chi connectivity index (χ0) is 7.98. The molecule has 0 saturated carbocycles. The highest BCUT2D eigenvalue weighted by molar-refractivity contribution is 5.77. The SMILES string of the molecule is CCC(=O)CCC(O)CN. The van der Waals surface area contributed by atoms with Crippen molar-refractivity contribution in [2.75, 3.05) is 6.54 Å². The lowest BCUT2D eigenvalue weighted by molar-refractivity contribution is -0.119. The summed E-state index contributed by atoms with van der Waals surface area (Å²) in [4.78, 5) is 10.7. The second-order valence-corrected chi connectivity index (χ2v) is 2.32. The molecule has 3 N–H and O–H groups in total. The summed E-state index contributed by atoms with van der Waals surface area (Å²) in [6.07, 6.45) is 1.01. The summed E-state index contributed by atoms with van der Waals surface area (Å²) < 4.78 is 0. The molecule has 0 saturated heterocycles. The van der Waals surface area contributed by atoms with Gasteiger partial charge in [0.15, 0.2) is 0 Å². The summed E-state index contributed by atoms with van der Waals surface area (Å²) >= 11 is 0. The molecule has 60 valence electrons. The Morgan fingerprint density at radius 2 is 2.30 bits per heavy atom. The summed E-state index contributed by atoms with van der Waals surface area (Å²) in [7, 11) is 0. The lowest BCUT2D eigenvalue weighted by Gasteiger charge is -2.04. The quantitative estimate of drug-likeness (QED) is 0.575. The number of carbonyl (C=O) groups excluding carboxylic acids is 1. The number of nitrogens with two attached hydrogens (primary N) is 1. The molecule has 0 bridgehead atoms. The predicted molar refractivity (Wildman–Crippen MR) is 39.6 cm³/mol. The minimum absolute atomic E-state index is 0.188. The summed E-state index contributed by atoms with van der Waals surface area (Å²) in [5.74, 6) is 0.188. The first-order valence-corrected chi connectivity index (χ1v) is 3.60. The number of aliphatic hydroxyl groups is 1. The molecular weight excluding hydrogens is 130 g/mol. The monoisotopic (exact) mass is 145 g/mol. The summed E-state index contributed by atoms with van der Waals surface area (Å²) in [5.41, 5.74) is 5.14. The Morgan fingerprint density at radius 1 is 1.70 bits per heavy atom. The van der Waals surface area contributed by atoms with Crippen molar-refractivity contribution in [2.24, 2.45) is 5.73 Å². The fraction of sp³-hybridized carbons (Fsp3) is 0.857. The molecule has 0 rings (SSSR count). The summed E-state index contributed by atoms with van der Waals surface area (Å²) in [5, 5.41) is 8.93. The molecule has 1 unspecified atom stereocenters. The summed E-state index contributed by atoms with van der Waals surface area (Å²) in [6, 6.07) is 0. The molecule has 0 radical (unpaired) electrons. The van der Waals surface area contributed by atoms with Crippen LogP contribution < -0.4 is 5.73 Å². The Labute approximate surface area is 61.2 Å². The number of rotatable bonds is 5. The Kier molecular flexibility index (Phi) is 5.16. The molecule has 0 spiro atoms. The first-order chi connectivity index (χ1) is 4.70. The van der Waals surface area contributed by atoms with Crippen LogP contribution in [0, 0.1) is 0 Å². The van der Waals surface area contributed by atoms with Gasteiger partial charge in [0.1, 0.15) is 5.78 Å². The molecule has 0 aromatic carbocycles. The van der Waals surface area contributed by atoms with E-state index in [-0.39, 0.29) is 12.3 Å². The van der Waals surface area contributed by atoms with Gasteiger partial charge in [-0.05, 0) is 6.42 Å². The van der Waals surface area contributed by atoms with Crippen LogP contribution >= 0.6 is 0 Å². The van der Waals surface area contributed by atoms with E-state index in [1.165, 1.54) is 0 Å². The van der Waals surface area contributed by atoms with Crippen LogP contribution in [0.1, 0.15) is 26.2 Å². The van der Waals surface area contributed by atoms with Gasteiger partial charge in [-0.15, -0.1) is 0 Å². The first-order valence-electron chi connectivity index (χ1n) is 3.60. The minimum Gasteiger partial charge on any atom is -0.392 e. The van der Waals surface area contributed by atoms with Crippen LogP contribution in [-0.2, 0) is 4.79 Å². The highest BCUT2D eigenvalue weighted by Crippen LogP contribution is 1.98. The van der Waals surface area contributed by atoms with Crippen molar-refractivity contribution in [3.05, 3.63) is 0 Å². The van der Waals surface area contributed by atoms with E-state index in [2.05, 4.69) is 0 Å². The highest BCUT2D eigenvalue weighted by Gasteiger charge is 2.03. The molecule has 3 heteroatoms. The third kappa shape index (κ3) is 4.47. The number of hydrogen-bond donors (Lipinski definition) is 2. The van der Waals surface area contributed by atoms with Crippen molar-refractivity contribution in [3.63, 3.8) is 0 Å². The van der Waals surface area contributed by atoms with Gasteiger partial charge in [0.2, 0.25) is 0 Å². The molecule has 0 aliphatic carbocycles. The maximum atomic E-state index is 10.7. The molecule has 0 heterocycles. The smallest absolute Gasteiger partial charge is 0.132 e. The highest BCUT2D eigenvalue weighted by atomic mass is 16.3. The van der Waals surface area contributed by atoms with Crippen LogP contribution in [0.4, 0.5) is 0 Å². The normalized spacial score (nSPS) is 13.1. The Balaban J connectivity index is 3.26. The predicted octanol–water partition coefficient (Wildman–Crippen LogP) is 0.0653. The molecule has 0 aromatic heterocycles. The Morgan fingerprint density at radius 3 is 2.70 bits per heavy atom. The average Bonchev–Trinajstić information content (AvgIpc) is 1.99. The van der Waals surface area contributed by atoms with Gasteiger partial charge < -0.3 is 10.8 Å². The molecule has 0 amide bonds. The van der Waals surface area contributed by atoms with Crippen LogP contribution in [0.25, 0.3) is 0 Å². The van der Waals surface area contributed by atoms with Gasteiger partial charge in [-0.3, -0.25) is 4.79 Å². The molecule has 0 aromatic rings. The van der Waals surface area contributed by atoms with E-state index in [0.717, 1.165) is 0 Å². The minimum atomic E-state index is -0.504. The number of ketones is 1. The van der Waals surface area contributed by atoms with Crippen molar-refractivity contribution in [1.82, 2.24) is 0 Å². The molecule has 0 fully saturated rings. The molecule has 3 nitrogen and oxygen atoms in total. The fourth-order valence-corrected chi connectivity index (χ4v) is 0.622. The van der Waals surface area contributed by atoms with Crippen LogP contribution in [0.5, 0.6) is 0 Å². The first kappa shape index (κ1) is 9.59. The van der Waals surface area contributed by atoms with Crippen LogP contribution in [0.2, 0.25) is 0 Å². The van der Waals surface area contributed by atoms with Crippen LogP contribution in [0.3, 0.4) is 0 Å². The molecular formula is C7H15NO2. The van der Waals surface area contributed by atoms with E-state index in [1.807, 2.05) is 6.92 Å². The number of carbonyl (C=O) groups is 1. The summed E-state index contributed by atoms with van der Waals surface area (Å²) in [6.45, 7) is 2.06. The third-order valence-electron chi connectivity index (χ3n) is 1.42. The zero-order valence-electron chi connectivity index (χ0n) is 6.34. The van der Waals surface area contributed by atoms with Crippen molar-refractivity contribution in [3.8, 4) is 0 Å². The van der Waals surface area contributed by atoms with Crippen molar-refractivity contribution < 1.29 is 9.90 Å². The lowest BCUT2D eigenvalue weighted by atomic mass is 10.1. The van der Waals surface area contributed by atoms with E-state index < -0.39 is 6.10 Å². The van der Waals surface area contributed by atoms with Crippen molar-refractivity contribution in [1.29, 1.82) is 0 Å². The molecule has 0 aliphatic rings. The van der Waals surface area contributed by atoms with Gasteiger partial charge in [0, 0.05) is 19.4 Å². The number of hydrogen-bond acceptors (Lipinski definition) is 3. The van der Waals surface area contributed by atoms with Crippen LogP contribution in [-0.4, -0.2) is 23.5 Å². The maximum Gasteiger partial charge on any atom is 0.132 e. The van der Waals surface area contributed by atoms with Crippen LogP contribution in [0.15, 0.2) is 0 Å². The van der Waals surface area contributed by atoms with Gasteiger partial charge in [-0.1, -0.05) is 6.92 Å². The average molecular weight is 145 g/mol. The largest absolute Gasteiger partial charge is 0.392 e.